The molecule has 2 heterocycles. The molecule has 0 saturated carbocycles. The average Bonchev–Trinajstić information content (AvgIpc) is 2.44. The number of hydrogen-bond acceptors (Lipinski definition) is 3. The van der Waals surface area contributed by atoms with E-state index in [0.717, 1.165) is 17.0 Å². The molecule has 0 radical (unpaired) electrons. The summed E-state index contributed by atoms with van der Waals surface area (Å²) < 4.78 is 5.61. The molecule has 20 heavy (non-hydrogen) atoms. The van der Waals surface area contributed by atoms with E-state index in [9.17, 15) is 4.79 Å². The fourth-order valence-corrected chi connectivity index (χ4v) is 2.44. The Balaban J connectivity index is 1.97. The third-order valence-corrected chi connectivity index (χ3v) is 3.41. The predicted octanol–water partition coefficient (Wildman–Crippen LogP) is 3.05. The number of rotatable bonds is 2. The highest BCUT2D eigenvalue weighted by atomic mass is 35.5. The Morgan fingerprint density at radius 3 is 2.95 bits per heavy atom. The predicted molar refractivity (Wildman–Crippen MR) is 77.0 cm³/mol. The molecular weight excluding hydrogens is 276 g/mol. The number of benzene rings is 1. The molecule has 1 aromatic carbocycles. The molecule has 2 aromatic rings. The lowest BCUT2D eigenvalue weighted by molar-refractivity contribution is -0.125. The van der Waals surface area contributed by atoms with Crippen LogP contribution in [0.1, 0.15) is 12.5 Å². The molecule has 0 N–H and O–H groups in total. The van der Waals surface area contributed by atoms with Gasteiger partial charge in [0.25, 0.3) is 5.91 Å². The highest BCUT2D eigenvalue weighted by Crippen LogP contribution is 2.34. The number of carbonyl (C=O) groups excluding carboxylic acids is 1. The van der Waals surface area contributed by atoms with E-state index >= 15 is 0 Å². The van der Waals surface area contributed by atoms with Crippen LogP contribution in [0, 0.1) is 0 Å². The molecule has 1 aliphatic rings. The van der Waals surface area contributed by atoms with Crippen molar-refractivity contribution in [2.45, 2.75) is 19.6 Å². The minimum absolute atomic E-state index is 0.0587. The summed E-state index contributed by atoms with van der Waals surface area (Å²) in [6.45, 7) is 2.20. The summed E-state index contributed by atoms with van der Waals surface area (Å²) in [7, 11) is 0. The first kappa shape index (κ1) is 12.9. The maximum Gasteiger partial charge on any atom is 0.268 e. The molecule has 0 aliphatic carbocycles. The maximum absolute atomic E-state index is 12.3. The quantitative estimate of drug-likeness (QED) is 0.798. The van der Waals surface area contributed by atoms with Crippen molar-refractivity contribution in [1.82, 2.24) is 4.98 Å². The lowest BCUT2D eigenvalue weighted by atomic mass is 10.1. The highest BCUT2D eigenvalue weighted by Gasteiger charge is 2.31. The van der Waals surface area contributed by atoms with Crippen LogP contribution in [0.15, 0.2) is 42.6 Å². The van der Waals surface area contributed by atoms with E-state index in [1.807, 2.05) is 30.3 Å². The van der Waals surface area contributed by atoms with Gasteiger partial charge in [0.2, 0.25) is 0 Å². The molecule has 4 nitrogen and oxygen atoms in total. The smallest absolute Gasteiger partial charge is 0.268 e. The second-order valence-electron chi connectivity index (χ2n) is 4.64. The molecule has 0 saturated heterocycles. The molecule has 1 amide bonds. The van der Waals surface area contributed by atoms with E-state index in [2.05, 4.69) is 4.98 Å². The van der Waals surface area contributed by atoms with Crippen molar-refractivity contribution in [3.63, 3.8) is 0 Å². The summed E-state index contributed by atoms with van der Waals surface area (Å²) in [6, 6.07) is 11.1. The van der Waals surface area contributed by atoms with Crippen LogP contribution in [0.3, 0.4) is 0 Å². The number of nitrogens with zero attached hydrogens (tertiary/aromatic N) is 2. The van der Waals surface area contributed by atoms with Crippen molar-refractivity contribution < 1.29 is 9.53 Å². The van der Waals surface area contributed by atoms with Gasteiger partial charge in [-0.2, -0.15) is 0 Å². The monoisotopic (exact) mass is 288 g/mol. The van der Waals surface area contributed by atoms with Gasteiger partial charge in [0.1, 0.15) is 10.9 Å². The van der Waals surface area contributed by atoms with Gasteiger partial charge < -0.3 is 9.64 Å². The first-order chi connectivity index (χ1) is 9.65. The zero-order valence-electron chi connectivity index (χ0n) is 10.9. The molecule has 1 atom stereocenters. The first-order valence-corrected chi connectivity index (χ1v) is 6.70. The van der Waals surface area contributed by atoms with Gasteiger partial charge in [0.05, 0.1) is 12.2 Å². The zero-order chi connectivity index (χ0) is 14.1. The summed E-state index contributed by atoms with van der Waals surface area (Å²) >= 11 is 5.89. The van der Waals surface area contributed by atoms with Crippen molar-refractivity contribution in [2.75, 3.05) is 4.90 Å². The Kier molecular flexibility index (Phi) is 3.32. The molecule has 0 spiro atoms. The summed E-state index contributed by atoms with van der Waals surface area (Å²) in [5.41, 5.74) is 1.71. The van der Waals surface area contributed by atoms with Gasteiger partial charge in [-0.25, -0.2) is 4.98 Å². The Hall–Kier alpha value is -2.07. The normalized spacial score (nSPS) is 17.6. The van der Waals surface area contributed by atoms with Gasteiger partial charge in [-0.15, -0.1) is 0 Å². The summed E-state index contributed by atoms with van der Waals surface area (Å²) in [5.74, 6) is 0.663. The molecule has 0 bridgehead atoms. The van der Waals surface area contributed by atoms with Crippen molar-refractivity contribution in [3.8, 4) is 5.75 Å². The maximum atomic E-state index is 12.3. The van der Waals surface area contributed by atoms with E-state index in [4.69, 9.17) is 16.3 Å². The van der Waals surface area contributed by atoms with E-state index < -0.39 is 6.10 Å². The lowest BCUT2D eigenvalue weighted by Gasteiger charge is -2.33. The van der Waals surface area contributed by atoms with Crippen LogP contribution in [0.4, 0.5) is 5.69 Å². The summed E-state index contributed by atoms with van der Waals surface area (Å²) in [5, 5.41) is 0.421. The molecule has 5 heteroatoms. The molecule has 1 unspecified atom stereocenters. The molecule has 1 aromatic heterocycles. The topological polar surface area (TPSA) is 42.4 Å². The van der Waals surface area contributed by atoms with Gasteiger partial charge in [-0.05, 0) is 36.8 Å². The summed E-state index contributed by atoms with van der Waals surface area (Å²) in [6.07, 6.45) is 1.15. The molecule has 102 valence electrons. The number of ether oxygens (including phenoxy) is 1. The first-order valence-electron chi connectivity index (χ1n) is 6.32. The molecule has 1 aliphatic heterocycles. The van der Waals surface area contributed by atoms with E-state index in [-0.39, 0.29) is 5.91 Å². The number of para-hydroxylation sites is 2. The Labute approximate surface area is 122 Å². The number of hydrogen-bond donors (Lipinski definition) is 0. The van der Waals surface area contributed by atoms with Crippen LogP contribution in [0.5, 0.6) is 5.75 Å². The van der Waals surface area contributed by atoms with E-state index in [1.165, 1.54) is 0 Å². The second kappa shape index (κ2) is 5.13. The fraction of sp³-hybridized carbons (Fsp3) is 0.200. The minimum atomic E-state index is -0.484. The number of fused-ring (bicyclic) bond motifs is 1. The van der Waals surface area contributed by atoms with Crippen LogP contribution in [-0.2, 0) is 11.3 Å². The molecule has 0 fully saturated rings. The second-order valence-corrected chi connectivity index (χ2v) is 5.03. The van der Waals surface area contributed by atoms with Crippen LogP contribution >= 0.6 is 11.6 Å². The molecule has 3 rings (SSSR count). The Morgan fingerprint density at radius 2 is 2.15 bits per heavy atom. The van der Waals surface area contributed by atoms with Crippen LogP contribution in [-0.4, -0.2) is 17.0 Å². The van der Waals surface area contributed by atoms with Crippen molar-refractivity contribution in [1.29, 1.82) is 0 Å². The number of amides is 1. The van der Waals surface area contributed by atoms with Crippen LogP contribution < -0.4 is 9.64 Å². The number of pyridine rings is 1. The number of anilines is 1. The number of aromatic nitrogens is 1. The average molecular weight is 289 g/mol. The standard InChI is InChI=1S/C15H13ClN2O2/c1-10-15(19)18(9-11-6-7-17-14(16)8-11)12-4-2-3-5-13(12)20-10/h2-8,10H,9H2,1H3. The lowest BCUT2D eigenvalue weighted by Crippen LogP contribution is -2.43. The van der Waals surface area contributed by atoms with Crippen LogP contribution in [0.25, 0.3) is 0 Å². The largest absolute Gasteiger partial charge is 0.479 e. The number of halogens is 1. The fourth-order valence-electron chi connectivity index (χ4n) is 2.25. The van der Waals surface area contributed by atoms with E-state index in [0.29, 0.717) is 11.7 Å². The summed E-state index contributed by atoms with van der Waals surface area (Å²) in [4.78, 5) is 18.0. The zero-order valence-corrected chi connectivity index (χ0v) is 11.7. The van der Waals surface area contributed by atoms with E-state index in [1.54, 1.807) is 24.1 Å². The van der Waals surface area contributed by atoms with Crippen LogP contribution in [0.2, 0.25) is 5.15 Å². The van der Waals surface area contributed by atoms with Crippen molar-refractivity contribution in [3.05, 3.63) is 53.3 Å². The minimum Gasteiger partial charge on any atom is -0.479 e. The molecular formula is C15H13ClN2O2. The number of carbonyl (C=O) groups is 1. The van der Waals surface area contributed by atoms with Gasteiger partial charge in [0, 0.05) is 6.20 Å². The van der Waals surface area contributed by atoms with Gasteiger partial charge in [0.15, 0.2) is 6.10 Å². The van der Waals surface area contributed by atoms with Gasteiger partial charge in [-0.3, -0.25) is 4.79 Å². The third kappa shape index (κ3) is 2.34. The van der Waals surface area contributed by atoms with Crippen molar-refractivity contribution in [2.24, 2.45) is 0 Å². The highest BCUT2D eigenvalue weighted by molar-refractivity contribution is 6.29. The Morgan fingerprint density at radius 1 is 1.35 bits per heavy atom. The van der Waals surface area contributed by atoms with Gasteiger partial charge in [-0.1, -0.05) is 23.7 Å². The SMILES string of the molecule is CC1Oc2ccccc2N(Cc2ccnc(Cl)c2)C1=O. The van der Waals surface area contributed by atoms with Crippen molar-refractivity contribution >= 4 is 23.2 Å². The van der Waals surface area contributed by atoms with Gasteiger partial charge >= 0.3 is 0 Å². The third-order valence-electron chi connectivity index (χ3n) is 3.21. The Bertz CT molecular complexity index is 660.